The second-order valence-corrected chi connectivity index (χ2v) is 11.4. The molecule has 0 aliphatic heterocycles. The van der Waals surface area contributed by atoms with Gasteiger partial charge < -0.3 is 15.7 Å². The van der Waals surface area contributed by atoms with Crippen LogP contribution in [0.4, 0.5) is 11.4 Å². The maximum atomic E-state index is 13.1. The summed E-state index contributed by atoms with van der Waals surface area (Å²) in [6.45, 7) is 0. The Hall–Kier alpha value is -4.83. The minimum absolute atomic E-state index is 0.0608. The van der Waals surface area contributed by atoms with Gasteiger partial charge in [0.05, 0.1) is 22.5 Å². The maximum Gasteiger partial charge on any atom is 0.335 e. The Balaban J connectivity index is 1.37. The maximum absolute atomic E-state index is 13.1. The van der Waals surface area contributed by atoms with E-state index in [4.69, 9.17) is 5.26 Å². The summed E-state index contributed by atoms with van der Waals surface area (Å²) in [4.78, 5) is 38.4. The second kappa shape index (κ2) is 12.2. The van der Waals surface area contributed by atoms with Crippen molar-refractivity contribution in [3.63, 3.8) is 0 Å². The Kier molecular flexibility index (Phi) is 8.40. The number of amides is 2. The van der Waals surface area contributed by atoms with Crippen molar-refractivity contribution >= 4 is 72.9 Å². The van der Waals surface area contributed by atoms with Gasteiger partial charge in [-0.25, -0.2) is 10.1 Å². The third-order valence-electron chi connectivity index (χ3n) is 6.30. The summed E-state index contributed by atoms with van der Waals surface area (Å²) in [5.41, 5.74) is 0.343. The third-order valence-corrected chi connectivity index (χ3v) is 7.73. The molecular weight excluding hydrogens is 600 g/mol. The Morgan fingerprint density at radius 3 is 1.67 bits per heavy atom. The summed E-state index contributed by atoms with van der Waals surface area (Å²) in [5, 5.41) is 29.5. The molecule has 0 atom stereocenters. The van der Waals surface area contributed by atoms with Crippen molar-refractivity contribution in [3.05, 3.63) is 108 Å². The molecule has 0 unspecified atom stereocenters. The molecule has 2 amide bonds. The van der Waals surface area contributed by atoms with Crippen LogP contribution >= 0.6 is 12.0 Å². The Labute approximate surface area is 247 Å². The Bertz CT molecular complexity index is 2030. The highest BCUT2D eigenvalue weighted by atomic mass is 32.2. The highest BCUT2D eigenvalue weighted by Crippen LogP contribution is 2.27. The molecule has 0 fully saturated rings. The van der Waals surface area contributed by atoms with Crippen molar-refractivity contribution in [3.8, 4) is 0 Å². The number of hydrogen-bond acceptors (Lipinski definition) is 9. The first-order valence-corrected chi connectivity index (χ1v) is 14.4. The van der Waals surface area contributed by atoms with E-state index >= 15 is 0 Å². The van der Waals surface area contributed by atoms with Gasteiger partial charge in [0.1, 0.15) is 0 Å². The Morgan fingerprint density at radius 2 is 1.14 bits per heavy atom. The normalized spacial score (nSPS) is 11.4. The van der Waals surface area contributed by atoms with Crippen LogP contribution in [0.3, 0.4) is 0 Å². The standard InChI is InChI=1S/C29H20N2O10S2/c32-27(30-23-5-1-18-14-25(42-41-40-36)7-3-16(18)12-23)20-9-21(11-22(10-20)29(34)35)28(33)31-24-6-2-19-15-26(43(37,38)39)8-4-17(19)13-24/h1-15,36H,(H,30,32)(H,31,33)(H,34,35)(H,37,38,39). The van der Waals surface area contributed by atoms with Gasteiger partial charge in [-0.05, 0) is 88.3 Å². The number of anilines is 2. The molecule has 5 rings (SSSR count). The molecule has 12 nitrogen and oxygen atoms in total. The predicted octanol–water partition coefficient (Wildman–Crippen LogP) is 5.87. The molecule has 0 aliphatic rings. The van der Waals surface area contributed by atoms with Crippen LogP contribution in [-0.4, -0.2) is 41.1 Å². The SMILES string of the molecule is O=C(O)c1cc(C(=O)Nc2ccc3cc(SOOO)ccc3c2)cc(C(=O)Nc2ccc3cc(S(=O)(=O)O)ccc3c2)c1. The minimum Gasteiger partial charge on any atom is -0.478 e. The van der Waals surface area contributed by atoms with Crippen molar-refractivity contribution < 1.29 is 47.1 Å². The number of carbonyl (C=O) groups excluding carboxylic acids is 2. The molecule has 0 saturated heterocycles. The number of aromatic carboxylic acids is 1. The van der Waals surface area contributed by atoms with Gasteiger partial charge >= 0.3 is 5.97 Å². The minimum atomic E-state index is -4.38. The molecule has 5 N–H and O–H groups in total. The zero-order valence-electron chi connectivity index (χ0n) is 21.7. The number of carboxylic acids is 1. The van der Waals surface area contributed by atoms with E-state index < -0.39 is 27.9 Å². The molecule has 14 heteroatoms. The largest absolute Gasteiger partial charge is 0.478 e. The number of carboxylic acid groups (broad SMARTS) is 1. The zero-order chi connectivity index (χ0) is 30.7. The molecule has 0 aromatic heterocycles. The smallest absolute Gasteiger partial charge is 0.335 e. The van der Waals surface area contributed by atoms with Gasteiger partial charge in [-0.3, -0.25) is 14.1 Å². The van der Waals surface area contributed by atoms with Crippen molar-refractivity contribution in [1.82, 2.24) is 0 Å². The first-order valence-electron chi connectivity index (χ1n) is 12.2. The number of benzene rings is 5. The van der Waals surface area contributed by atoms with E-state index in [1.807, 2.05) is 0 Å². The zero-order valence-corrected chi connectivity index (χ0v) is 23.3. The summed E-state index contributed by atoms with van der Waals surface area (Å²) in [7, 11) is -4.38. The molecular formula is C29H20N2O10S2. The summed E-state index contributed by atoms with van der Waals surface area (Å²) in [5.74, 6) is -2.66. The Morgan fingerprint density at radius 1 is 0.651 bits per heavy atom. The van der Waals surface area contributed by atoms with Crippen molar-refractivity contribution in [2.24, 2.45) is 0 Å². The topological polar surface area (TPSA) is 189 Å². The number of fused-ring (bicyclic) bond motifs is 2. The molecule has 5 aromatic rings. The van der Waals surface area contributed by atoms with Gasteiger partial charge in [-0.15, -0.1) is 4.33 Å². The lowest BCUT2D eigenvalue weighted by Crippen LogP contribution is -2.17. The van der Waals surface area contributed by atoms with Crippen molar-refractivity contribution in [2.45, 2.75) is 9.79 Å². The third kappa shape index (κ3) is 6.98. The molecule has 0 radical (unpaired) electrons. The second-order valence-electron chi connectivity index (χ2n) is 9.16. The first kappa shape index (κ1) is 29.7. The summed E-state index contributed by atoms with van der Waals surface area (Å²) >= 11 is 0.806. The molecule has 0 spiro atoms. The molecule has 0 heterocycles. The molecule has 0 saturated carbocycles. The lowest BCUT2D eigenvalue weighted by molar-refractivity contribution is -0.432. The molecule has 0 aliphatic carbocycles. The highest BCUT2D eigenvalue weighted by Gasteiger charge is 2.17. The van der Waals surface area contributed by atoms with Crippen LogP contribution in [0.25, 0.3) is 21.5 Å². The van der Waals surface area contributed by atoms with E-state index in [-0.39, 0.29) is 21.6 Å². The van der Waals surface area contributed by atoms with Gasteiger partial charge in [-0.1, -0.05) is 29.3 Å². The van der Waals surface area contributed by atoms with Gasteiger partial charge in [0, 0.05) is 27.4 Å². The molecule has 0 bridgehead atoms. The van der Waals surface area contributed by atoms with E-state index in [1.54, 1.807) is 48.5 Å². The van der Waals surface area contributed by atoms with Crippen molar-refractivity contribution in [2.75, 3.05) is 10.6 Å². The predicted molar refractivity (Wildman–Crippen MR) is 158 cm³/mol. The fourth-order valence-corrected chi connectivity index (χ4v) is 5.21. The molecule has 218 valence electrons. The van der Waals surface area contributed by atoms with E-state index in [9.17, 15) is 32.5 Å². The van der Waals surface area contributed by atoms with Crippen LogP contribution in [0, 0.1) is 0 Å². The van der Waals surface area contributed by atoms with E-state index in [2.05, 4.69) is 20.0 Å². The van der Waals surface area contributed by atoms with Gasteiger partial charge in [-0.2, -0.15) is 8.42 Å². The van der Waals surface area contributed by atoms with Crippen LogP contribution in [0.1, 0.15) is 31.1 Å². The first-order chi connectivity index (χ1) is 20.5. The summed E-state index contributed by atoms with van der Waals surface area (Å²) < 4.78 is 36.5. The van der Waals surface area contributed by atoms with Gasteiger partial charge in [0.25, 0.3) is 21.9 Å². The van der Waals surface area contributed by atoms with Crippen molar-refractivity contribution in [1.29, 1.82) is 0 Å². The molecule has 5 aromatic carbocycles. The number of carbonyl (C=O) groups is 3. The van der Waals surface area contributed by atoms with E-state index in [0.29, 0.717) is 27.0 Å². The average Bonchev–Trinajstić information content (AvgIpc) is 2.98. The van der Waals surface area contributed by atoms with Gasteiger partial charge in [0.15, 0.2) is 0 Å². The summed E-state index contributed by atoms with van der Waals surface area (Å²) in [6, 6.07) is 22.5. The lowest BCUT2D eigenvalue weighted by atomic mass is 10.0. The summed E-state index contributed by atoms with van der Waals surface area (Å²) in [6.07, 6.45) is 0. The highest BCUT2D eigenvalue weighted by molar-refractivity contribution is 7.94. The van der Waals surface area contributed by atoms with Crippen LogP contribution < -0.4 is 10.6 Å². The van der Waals surface area contributed by atoms with Gasteiger partial charge in [0.2, 0.25) is 0 Å². The van der Waals surface area contributed by atoms with Crippen LogP contribution in [0.2, 0.25) is 0 Å². The number of nitrogens with one attached hydrogen (secondary N) is 2. The average molecular weight is 621 g/mol. The van der Waals surface area contributed by atoms with Crippen LogP contribution in [0.15, 0.2) is 101 Å². The fourth-order valence-electron chi connectivity index (χ4n) is 4.29. The van der Waals surface area contributed by atoms with Crippen LogP contribution in [-0.2, 0) is 19.5 Å². The number of rotatable bonds is 9. The lowest BCUT2D eigenvalue weighted by Gasteiger charge is -2.11. The van der Waals surface area contributed by atoms with E-state index in [0.717, 1.165) is 34.9 Å². The van der Waals surface area contributed by atoms with Crippen LogP contribution in [0.5, 0.6) is 0 Å². The van der Waals surface area contributed by atoms with E-state index in [1.165, 1.54) is 30.3 Å². The number of hydrogen-bond donors (Lipinski definition) is 5. The molecule has 43 heavy (non-hydrogen) atoms. The monoisotopic (exact) mass is 620 g/mol. The fraction of sp³-hybridized carbons (Fsp3) is 0. The quantitative estimate of drug-likeness (QED) is 0.0573.